The zero-order chi connectivity index (χ0) is 31.3. The van der Waals surface area contributed by atoms with Crippen LogP contribution in [-0.4, -0.2) is 10.9 Å². The minimum Gasteiger partial charge on any atom is -0.0561 e. The van der Waals surface area contributed by atoms with Crippen molar-refractivity contribution < 1.29 is 0 Å². The van der Waals surface area contributed by atoms with Crippen LogP contribution in [0.25, 0.3) is 0 Å². The van der Waals surface area contributed by atoms with Crippen molar-refractivity contribution in [2.24, 2.45) is 0 Å². The Labute approximate surface area is 252 Å². The molecule has 2 rings (SSSR count). The summed E-state index contributed by atoms with van der Waals surface area (Å²) in [5, 5.41) is 2.79. The monoisotopic (exact) mass is 576 g/mol. The van der Waals surface area contributed by atoms with Gasteiger partial charge < -0.3 is 0 Å². The molecule has 0 heterocycles. The first kappa shape index (κ1) is 34.8. The molecule has 40 heavy (non-hydrogen) atoms. The highest BCUT2D eigenvalue weighted by Crippen LogP contribution is 2.36. The van der Waals surface area contributed by atoms with Crippen LogP contribution in [0.15, 0.2) is 24.3 Å². The molecule has 220 valence electrons. The van der Waals surface area contributed by atoms with Crippen molar-refractivity contribution in [3.05, 3.63) is 57.6 Å². The van der Waals surface area contributed by atoms with E-state index in [1.165, 1.54) is 44.0 Å². The molecule has 0 bridgehead atoms. The van der Waals surface area contributed by atoms with E-state index in [0.29, 0.717) is 0 Å². The highest BCUT2D eigenvalue weighted by Gasteiger charge is 2.30. The van der Waals surface area contributed by atoms with Crippen LogP contribution in [0.5, 0.6) is 0 Å². The maximum absolute atomic E-state index is 3.65. The van der Waals surface area contributed by atoms with Crippen LogP contribution >= 0.6 is 16.4 Å². The van der Waals surface area contributed by atoms with Gasteiger partial charge in [-0.3, -0.25) is 0 Å². The molecule has 0 aliphatic carbocycles. The van der Waals surface area contributed by atoms with Gasteiger partial charge in [0.1, 0.15) is 0 Å². The third kappa shape index (κ3) is 8.56. The summed E-state index contributed by atoms with van der Waals surface area (Å²) in [5.74, 6) is 0. The van der Waals surface area contributed by atoms with Gasteiger partial charge in [-0.25, -0.2) is 0 Å². The van der Waals surface area contributed by atoms with Gasteiger partial charge in [0.25, 0.3) is 0 Å². The van der Waals surface area contributed by atoms with Crippen molar-refractivity contribution in [2.45, 2.75) is 157 Å². The summed E-state index contributed by atoms with van der Waals surface area (Å²) in [7, 11) is 2.20. The molecule has 0 saturated heterocycles. The Morgan fingerprint density at radius 2 is 0.550 bits per heavy atom. The second-order valence-electron chi connectivity index (χ2n) is 17.8. The number of rotatable bonds is 2. The lowest BCUT2D eigenvalue weighted by atomic mass is 9.75. The smallest absolute Gasteiger partial charge is 0.0178 e. The molecular weight excluding hydrogens is 518 g/mol. The average molecular weight is 577 g/mol. The molecule has 0 amide bonds. The fourth-order valence-corrected chi connectivity index (χ4v) is 7.53. The van der Waals surface area contributed by atoms with E-state index in [2.05, 4.69) is 160 Å². The van der Waals surface area contributed by atoms with Gasteiger partial charge in [0.15, 0.2) is 0 Å². The third-order valence-electron chi connectivity index (χ3n) is 7.57. The van der Waals surface area contributed by atoms with E-state index < -0.39 is 0 Å². The summed E-state index contributed by atoms with van der Waals surface area (Å²) >= 11 is 0. The van der Waals surface area contributed by atoms with Gasteiger partial charge in [-0.1, -0.05) is 149 Å². The molecule has 0 saturated carbocycles. The molecule has 0 atom stereocenters. The SMILES string of the molecule is CC(C)(C)c1cc(C(C)(C)C)c(P=C=C=Pc2c(C(C)(C)C)cc(C(C)(C)C)cc2C(C)(C)C)c(C(C)(C)C)c1. The molecule has 0 aliphatic heterocycles. The van der Waals surface area contributed by atoms with Crippen molar-refractivity contribution in [2.75, 3.05) is 0 Å². The first-order chi connectivity index (χ1) is 17.6. The zero-order valence-corrected chi connectivity index (χ0v) is 31.0. The van der Waals surface area contributed by atoms with Crippen LogP contribution in [0.4, 0.5) is 0 Å². The predicted octanol–water partition coefficient (Wildman–Crippen LogP) is 10.7. The highest BCUT2D eigenvalue weighted by molar-refractivity contribution is 7.52. The maximum Gasteiger partial charge on any atom is 0.0178 e. The zero-order valence-electron chi connectivity index (χ0n) is 29.2. The first-order valence-corrected chi connectivity index (χ1v) is 16.7. The van der Waals surface area contributed by atoms with Crippen molar-refractivity contribution in [3.8, 4) is 0 Å². The van der Waals surface area contributed by atoms with Gasteiger partial charge in [0.05, 0.1) is 0 Å². The first-order valence-electron chi connectivity index (χ1n) is 15.0. The molecule has 2 aromatic carbocycles. The Balaban J connectivity index is 2.98. The average Bonchev–Trinajstić information content (AvgIpc) is 2.71. The van der Waals surface area contributed by atoms with Crippen molar-refractivity contribution in [3.63, 3.8) is 0 Å². The summed E-state index contributed by atoms with van der Waals surface area (Å²) in [5.41, 5.74) is 16.2. The van der Waals surface area contributed by atoms with Gasteiger partial charge in [-0.2, -0.15) is 0 Å². The summed E-state index contributed by atoms with van der Waals surface area (Å²) in [6.45, 7) is 42.0. The molecule has 0 nitrogen and oxygen atoms in total. The second kappa shape index (κ2) is 11.4. The molecule has 0 aromatic heterocycles. The fraction of sp³-hybridized carbons (Fsp3) is 0.632. The van der Waals surface area contributed by atoms with Gasteiger partial charge in [-0.15, -0.1) is 0 Å². The van der Waals surface area contributed by atoms with Crippen LogP contribution in [0.1, 0.15) is 158 Å². The van der Waals surface area contributed by atoms with Crippen molar-refractivity contribution >= 4 is 37.9 Å². The van der Waals surface area contributed by atoms with Crippen molar-refractivity contribution in [1.82, 2.24) is 0 Å². The Morgan fingerprint density at radius 3 is 0.700 bits per heavy atom. The lowest BCUT2D eigenvalue weighted by molar-refractivity contribution is 0.553. The maximum atomic E-state index is 3.65. The Hall–Kier alpha value is -1.40. The van der Waals surface area contributed by atoms with Crippen LogP contribution < -0.4 is 10.6 Å². The van der Waals surface area contributed by atoms with Crippen molar-refractivity contribution in [1.29, 1.82) is 0 Å². The summed E-state index contributed by atoms with van der Waals surface area (Å²) in [4.78, 5) is 0. The summed E-state index contributed by atoms with van der Waals surface area (Å²) in [6.07, 6.45) is 0. The molecule has 2 heteroatoms. The highest BCUT2D eigenvalue weighted by atomic mass is 31.1. The van der Waals surface area contributed by atoms with E-state index in [1.807, 2.05) is 0 Å². The Bertz CT molecular complexity index is 1150. The molecule has 2 aromatic rings. The minimum absolute atomic E-state index is 0.0462. The fourth-order valence-electron chi connectivity index (χ4n) is 4.82. The molecule has 0 radical (unpaired) electrons. The van der Waals surface area contributed by atoms with Crippen LogP contribution in [0.3, 0.4) is 0 Å². The lowest BCUT2D eigenvalue weighted by Crippen LogP contribution is -2.29. The van der Waals surface area contributed by atoms with Gasteiger partial charge >= 0.3 is 0 Å². The second-order valence-corrected chi connectivity index (χ2v) is 19.6. The molecular formula is C38H58P2. The molecule has 0 fully saturated rings. The van der Waals surface area contributed by atoms with Crippen LogP contribution in [-0.2, 0) is 32.5 Å². The van der Waals surface area contributed by atoms with E-state index in [1.54, 1.807) is 0 Å². The molecule has 0 unspecified atom stereocenters. The minimum atomic E-state index is 0.0462. The number of benzene rings is 2. The van der Waals surface area contributed by atoms with Gasteiger partial charge in [-0.05, 0) is 93.2 Å². The summed E-state index contributed by atoms with van der Waals surface area (Å²) < 4.78 is 0. The molecule has 0 N–H and O–H groups in total. The summed E-state index contributed by atoms with van der Waals surface area (Å²) in [6, 6.07) is 9.82. The lowest BCUT2D eigenvalue weighted by Gasteiger charge is -2.32. The molecule has 0 aliphatic rings. The standard InChI is InChI=1S/C38H58P2/c1-33(2,3)25-21-27(35(7,8)9)31(28(22-25)36(10,11)12)39-19-20-40-32-29(37(13,14)15)23-26(34(4,5)6)24-30(32)38(16,17)18/h21-24H,1-18H3. The van der Waals surface area contributed by atoms with Crippen LogP contribution in [0, 0.1) is 0 Å². The predicted molar refractivity (Wildman–Crippen MR) is 188 cm³/mol. The Morgan fingerprint density at radius 1 is 0.350 bits per heavy atom. The van der Waals surface area contributed by atoms with E-state index in [9.17, 15) is 0 Å². The van der Waals surface area contributed by atoms with Gasteiger partial charge in [0, 0.05) is 10.6 Å². The Kier molecular flexibility index (Phi) is 9.88. The third-order valence-corrected chi connectivity index (χ3v) is 9.60. The van der Waals surface area contributed by atoms with Gasteiger partial charge in [0.2, 0.25) is 0 Å². The number of hydrogen-bond acceptors (Lipinski definition) is 0. The largest absolute Gasteiger partial charge is 0.0561 e. The number of hydrogen-bond donors (Lipinski definition) is 0. The normalized spacial score (nSPS) is 13.9. The quantitative estimate of drug-likeness (QED) is 0.312. The molecule has 0 spiro atoms. The topological polar surface area (TPSA) is 0 Å². The van der Waals surface area contributed by atoms with Crippen LogP contribution in [0.2, 0.25) is 0 Å². The van der Waals surface area contributed by atoms with E-state index in [-0.39, 0.29) is 32.5 Å². The van der Waals surface area contributed by atoms with E-state index in [0.717, 1.165) is 16.4 Å². The van der Waals surface area contributed by atoms with E-state index >= 15 is 0 Å². The van der Waals surface area contributed by atoms with E-state index in [4.69, 9.17) is 0 Å².